The van der Waals surface area contributed by atoms with Gasteiger partial charge in [-0.25, -0.2) is 0 Å². The molecule has 2 fully saturated rings. The first-order valence-electron chi connectivity index (χ1n) is 11.6. The van der Waals surface area contributed by atoms with Crippen molar-refractivity contribution < 1.29 is 28.5 Å². The highest BCUT2D eigenvalue weighted by Gasteiger charge is 2.57. The molecule has 0 saturated carbocycles. The monoisotopic (exact) mass is 472 g/mol. The van der Waals surface area contributed by atoms with Gasteiger partial charge < -0.3 is 28.5 Å². The van der Waals surface area contributed by atoms with E-state index >= 15 is 0 Å². The SMILES string of the molecule is CO[C@H]1O[C@H](CO[Si](c2ccccc2)(c2ccccc2)C(C)(C)C)[C@@H]2OC(C)(C)O[C@@H]2[C@H]1O. The summed E-state index contributed by atoms with van der Waals surface area (Å²) >= 11 is 0. The molecule has 0 amide bonds. The molecule has 1 N–H and O–H groups in total. The van der Waals surface area contributed by atoms with Crippen LogP contribution in [0.3, 0.4) is 0 Å². The van der Waals surface area contributed by atoms with Crippen molar-refractivity contribution in [3.8, 4) is 0 Å². The Balaban J connectivity index is 1.71. The zero-order valence-electron chi connectivity index (χ0n) is 20.4. The summed E-state index contributed by atoms with van der Waals surface area (Å²) < 4.78 is 30.8. The minimum Gasteiger partial charge on any atom is -0.405 e. The maximum absolute atomic E-state index is 10.7. The van der Waals surface area contributed by atoms with Crippen LogP contribution in [-0.2, 0) is 23.4 Å². The first kappa shape index (κ1) is 24.5. The molecule has 6 nitrogen and oxygen atoms in total. The quantitative estimate of drug-likeness (QED) is 0.653. The van der Waals surface area contributed by atoms with Crippen LogP contribution in [0.5, 0.6) is 0 Å². The molecule has 0 bridgehead atoms. The second-order valence-electron chi connectivity index (χ2n) is 10.3. The third kappa shape index (κ3) is 4.56. The van der Waals surface area contributed by atoms with Gasteiger partial charge in [-0.2, -0.15) is 0 Å². The summed E-state index contributed by atoms with van der Waals surface area (Å²) in [6.45, 7) is 10.7. The molecule has 2 aliphatic rings. The van der Waals surface area contributed by atoms with Gasteiger partial charge in [-0.05, 0) is 29.3 Å². The lowest BCUT2D eigenvalue weighted by molar-refractivity contribution is -0.273. The summed E-state index contributed by atoms with van der Waals surface area (Å²) in [6, 6.07) is 21.0. The minimum absolute atomic E-state index is 0.156. The van der Waals surface area contributed by atoms with Crippen molar-refractivity contribution >= 4 is 18.7 Å². The van der Waals surface area contributed by atoms with E-state index in [1.807, 2.05) is 26.0 Å². The molecule has 0 aliphatic carbocycles. The second-order valence-corrected chi connectivity index (χ2v) is 14.6. The van der Waals surface area contributed by atoms with Crippen molar-refractivity contribution in [2.45, 2.75) is 76.1 Å². The van der Waals surface area contributed by atoms with Gasteiger partial charge in [0.2, 0.25) is 0 Å². The van der Waals surface area contributed by atoms with Crippen LogP contribution in [0.2, 0.25) is 5.04 Å². The molecule has 2 saturated heterocycles. The summed E-state index contributed by atoms with van der Waals surface area (Å²) in [5.74, 6) is -0.821. The van der Waals surface area contributed by atoms with Gasteiger partial charge in [-0.1, -0.05) is 81.4 Å². The first-order valence-corrected chi connectivity index (χ1v) is 13.5. The van der Waals surface area contributed by atoms with Crippen LogP contribution >= 0.6 is 0 Å². The highest BCUT2D eigenvalue weighted by Crippen LogP contribution is 2.40. The topological polar surface area (TPSA) is 66.4 Å². The molecule has 2 heterocycles. The van der Waals surface area contributed by atoms with Crippen molar-refractivity contribution in [2.75, 3.05) is 13.7 Å². The number of aliphatic hydroxyl groups excluding tert-OH is 1. The predicted octanol–water partition coefficient (Wildman–Crippen LogP) is 2.82. The third-order valence-electron chi connectivity index (χ3n) is 6.57. The molecule has 2 aromatic carbocycles. The lowest BCUT2D eigenvalue weighted by Gasteiger charge is -2.45. The number of hydrogen-bond donors (Lipinski definition) is 1. The Morgan fingerprint density at radius 3 is 1.91 bits per heavy atom. The molecule has 0 spiro atoms. The van der Waals surface area contributed by atoms with Crippen LogP contribution in [0.15, 0.2) is 60.7 Å². The van der Waals surface area contributed by atoms with Gasteiger partial charge in [0.1, 0.15) is 24.4 Å². The van der Waals surface area contributed by atoms with Gasteiger partial charge in [-0.3, -0.25) is 0 Å². The number of methoxy groups -OCH3 is 1. The van der Waals surface area contributed by atoms with Gasteiger partial charge in [0, 0.05) is 7.11 Å². The van der Waals surface area contributed by atoms with Gasteiger partial charge in [0.25, 0.3) is 8.32 Å². The second kappa shape index (κ2) is 9.22. The Bertz CT molecular complexity index is 874. The van der Waals surface area contributed by atoms with Crippen molar-refractivity contribution in [1.29, 1.82) is 0 Å². The van der Waals surface area contributed by atoms with Crippen LogP contribution in [0.1, 0.15) is 34.6 Å². The molecule has 0 radical (unpaired) electrons. The van der Waals surface area contributed by atoms with Crippen LogP contribution in [0, 0.1) is 0 Å². The number of rotatable bonds is 6. The fourth-order valence-electron chi connectivity index (χ4n) is 5.15. The molecule has 180 valence electrons. The summed E-state index contributed by atoms with van der Waals surface area (Å²) in [6.07, 6.45) is -3.21. The molecule has 2 aliphatic heterocycles. The van der Waals surface area contributed by atoms with Crippen LogP contribution < -0.4 is 10.4 Å². The Morgan fingerprint density at radius 1 is 0.909 bits per heavy atom. The summed E-state index contributed by atoms with van der Waals surface area (Å²) in [5.41, 5.74) is 0. The molecule has 0 unspecified atom stereocenters. The van der Waals surface area contributed by atoms with E-state index in [1.165, 1.54) is 17.5 Å². The zero-order chi connectivity index (χ0) is 23.9. The largest absolute Gasteiger partial charge is 0.405 e. The molecule has 7 heteroatoms. The smallest absolute Gasteiger partial charge is 0.261 e. The van der Waals surface area contributed by atoms with Gasteiger partial charge in [-0.15, -0.1) is 0 Å². The highest BCUT2D eigenvalue weighted by atomic mass is 28.4. The van der Waals surface area contributed by atoms with Crippen molar-refractivity contribution in [3.05, 3.63) is 60.7 Å². The molecule has 5 atom stereocenters. The Morgan fingerprint density at radius 2 is 1.42 bits per heavy atom. The van der Waals surface area contributed by atoms with E-state index in [0.717, 1.165) is 0 Å². The first-order chi connectivity index (χ1) is 15.6. The number of hydrogen-bond acceptors (Lipinski definition) is 6. The minimum atomic E-state index is -2.74. The summed E-state index contributed by atoms with van der Waals surface area (Å²) in [7, 11) is -1.22. The molecule has 2 aromatic rings. The normalized spacial score (nSPS) is 29.6. The maximum atomic E-state index is 10.7. The summed E-state index contributed by atoms with van der Waals surface area (Å²) in [5, 5.41) is 13.0. The fraction of sp³-hybridized carbons (Fsp3) is 0.538. The number of benzene rings is 2. The van der Waals surface area contributed by atoms with Crippen LogP contribution in [0.25, 0.3) is 0 Å². The van der Waals surface area contributed by atoms with Crippen LogP contribution in [-0.4, -0.2) is 63.6 Å². The van der Waals surface area contributed by atoms with Crippen molar-refractivity contribution in [1.82, 2.24) is 0 Å². The lowest BCUT2D eigenvalue weighted by atomic mass is 9.99. The standard InChI is InChI=1S/C26H36O6Si/c1-25(2,3)33(18-13-9-7-10-14-18,19-15-11-8-12-16-19)29-17-20-22-23(32-26(4,5)31-22)21(27)24(28-6)30-20/h7-16,20-24,27H,17H2,1-6H3/t20-,21-,22+,23-,24+/m1/s1. The van der Waals surface area contributed by atoms with E-state index in [2.05, 4.69) is 69.3 Å². The van der Waals surface area contributed by atoms with Gasteiger partial charge >= 0.3 is 0 Å². The zero-order valence-corrected chi connectivity index (χ0v) is 21.4. The van der Waals surface area contributed by atoms with E-state index in [4.69, 9.17) is 23.4 Å². The van der Waals surface area contributed by atoms with Gasteiger partial charge in [0.15, 0.2) is 12.1 Å². The Labute approximate surface area is 197 Å². The van der Waals surface area contributed by atoms with Crippen molar-refractivity contribution in [3.63, 3.8) is 0 Å². The van der Waals surface area contributed by atoms with Gasteiger partial charge in [0.05, 0.1) is 6.61 Å². The maximum Gasteiger partial charge on any atom is 0.261 e. The van der Waals surface area contributed by atoms with E-state index in [-0.39, 0.29) is 5.04 Å². The van der Waals surface area contributed by atoms with E-state index in [1.54, 1.807) is 0 Å². The average Bonchev–Trinajstić information content (AvgIpc) is 3.12. The highest BCUT2D eigenvalue weighted by molar-refractivity contribution is 6.99. The fourth-order valence-corrected chi connectivity index (χ4v) is 9.72. The van der Waals surface area contributed by atoms with Crippen LogP contribution in [0.4, 0.5) is 0 Å². The Kier molecular flexibility index (Phi) is 6.86. The Hall–Kier alpha value is -1.58. The predicted molar refractivity (Wildman–Crippen MR) is 129 cm³/mol. The average molecular weight is 473 g/mol. The third-order valence-corrected chi connectivity index (χ3v) is 11.6. The molecule has 33 heavy (non-hydrogen) atoms. The molecular formula is C26H36O6Si. The van der Waals surface area contributed by atoms with Crippen molar-refractivity contribution in [2.24, 2.45) is 0 Å². The number of aliphatic hydroxyl groups is 1. The van der Waals surface area contributed by atoms with E-state index in [9.17, 15) is 5.11 Å². The summed E-state index contributed by atoms with van der Waals surface area (Å²) in [4.78, 5) is 0. The lowest BCUT2D eigenvalue weighted by Crippen LogP contribution is -2.68. The van der Waals surface area contributed by atoms with E-state index < -0.39 is 44.8 Å². The molecule has 0 aromatic heterocycles. The number of ether oxygens (including phenoxy) is 4. The molecule has 4 rings (SSSR count). The number of fused-ring (bicyclic) bond motifs is 1. The molecular weight excluding hydrogens is 436 g/mol. The van der Waals surface area contributed by atoms with E-state index in [0.29, 0.717) is 6.61 Å².